The summed E-state index contributed by atoms with van der Waals surface area (Å²) in [5.41, 5.74) is 0. The van der Waals surface area contributed by atoms with Gasteiger partial charge >= 0.3 is 0 Å². The zero-order valence-electron chi connectivity index (χ0n) is 12.4. The fraction of sp³-hybridized carbons (Fsp3) is 0.917. The fourth-order valence-corrected chi connectivity index (χ4v) is 2.73. The minimum atomic E-state index is -0.674. The molecule has 1 aliphatic heterocycles. The topological polar surface area (TPSA) is 80.0 Å². The van der Waals surface area contributed by atoms with Gasteiger partial charge in [0.25, 0.3) is 0 Å². The number of nitro groups is 1. The van der Waals surface area contributed by atoms with Gasteiger partial charge in [0.05, 0.1) is 17.8 Å². The summed E-state index contributed by atoms with van der Waals surface area (Å²) in [6, 6.07) is 0. The van der Waals surface area contributed by atoms with Crippen LogP contribution in [-0.2, 0) is 4.74 Å². The van der Waals surface area contributed by atoms with Crippen molar-refractivity contribution in [1.82, 2.24) is 10.2 Å². The van der Waals surface area contributed by atoms with Crippen LogP contribution < -0.4 is 5.32 Å². The number of rotatable bonds is 7. The van der Waals surface area contributed by atoms with E-state index in [4.69, 9.17) is 4.74 Å². The Bertz CT molecular complexity index is 341. The zero-order valence-corrected chi connectivity index (χ0v) is 13.2. The molecule has 0 aromatic heterocycles. The van der Waals surface area contributed by atoms with E-state index in [1.165, 1.54) is 11.8 Å². The summed E-state index contributed by atoms with van der Waals surface area (Å²) in [6.07, 6.45) is 4.21. The third kappa shape index (κ3) is 7.06. The molecular weight excluding hydrogens is 280 g/mol. The van der Waals surface area contributed by atoms with Gasteiger partial charge in [0.1, 0.15) is 0 Å². The Hall–Kier alpha value is -0.860. The molecule has 7 nitrogen and oxygen atoms in total. The normalized spacial score (nSPS) is 23.3. The third-order valence-corrected chi connectivity index (χ3v) is 3.82. The molecule has 0 aliphatic carbocycles. The Morgan fingerprint density at radius 1 is 1.65 bits per heavy atom. The standard InChI is InChI=1S/C12H24N4O3S/c1-10-7-11(9-19-10)8-15(2)6-4-5-13-12(20-3)14-16(17)18/h10-11H,4-9H2,1-3H3,(H,13,14). The van der Waals surface area contributed by atoms with Crippen LogP contribution in [0.5, 0.6) is 0 Å². The number of nitrogens with zero attached hydrogens (tertiary/aromatic N) is 3. The smallest absolute Gasteiger partial charge is 0.234 e. The second-order valence-corrected chi connectivity index (χ2v) is 5.93. The van der Waals surface area contributed by atoms with Crippen molar-refractivity contribution in [3.8, 4) is 0 Å². The summed E-state index contributed by atoms with van der Waals surface area (Å²) in [7, 11) is 2.10. The molecule has 0 aromatic rings. The summed E-state index contributed by atoms with van der Waals surface area (Å²) in [4.78, 5) is 12.6. The molecular formula is C12H24N4O3S. The van der Waals surface area contributed by atoms with Gasteiger partial charge in [-0.2, -0.15) is 0 Å². The number of ether oxygens (including phenoxy) is 1. The molecule has 1 aliphatic rings. The zero-order chi connectivity index (χ0) is 15.0. The van der Waals surface area contributed by atoms with Crippen molar-refractivity contribution >= 4 is 16.9 Å². The van der Waals surface area contributed by atoms with Crippen LogP contribution in [-0.4, -0.2) is 60.7 Å². The van der Waals surface area contributed by atoms with Crippen LogP contribution in [0.2, 0.25) is 0 Å². The average molecular weight is 304 g/mol. The van der Waals surface area contributed by atoms with E-state index in [1.807, 2.05) is 0 Å². The lowest BCUT2D eigenvalue weighted by atomic mass is 10.1. The lowest BCUT2D eigenvalue weighted by Crippen LogP contribution is -2.30. The summed E-state index contributed by atoms with van der Waals surface area (Å²) in [6.45, 7) is 5.66. The average Bonchev–Trinajstić information content (AvgIpc) is 2.78. The highest BCUT2D eigenvalue weighted by Gasteiger charge is 2.22. The first-order valence-corrected chi connectivity index (χ1v) is 8.04. The van der Waals surface area contributed by atoms with E-state index in [2.05, 4.69) is 29.3 Å². The first-order chi connectivity index (χ1) is 9.51. The molecule has 0 radical (unpaired) electrons. The van der Waals surface area contributed by atoms with Gasteiger partial charge in [0.2, 0.25) is 5.17 Å². The molecule has 0 bridgehead atoms. The van der Waals surface area contributed by atoms with E-state index >= 15 is 0 Å². The molecule has 0 saturated carbocycles. The molecule has 116 valence electrons. The Kier molecular flexibility index (Phi) is 7.86. The molecule has 0 amide bonds. The third-order valence-electron chi connectivity index (χ3n) is 3.21. The Balaban J connectivity index is 2.12. The van der Waals surface area contributed by atoms with Crippen LogP contribution in [0.4, 0.5) is 0 Å². The molecule has 0 aromatic carbocycles. The van der Waals surface area contributed by atoms with Crippen molar-refractivity contribution in [3.05, 3.63) is 10.1 Å². The van der Waals surface area contributed by atoms with E-state index in [1.54, 1.807) is 6.26 Å². The Morgan fingerprint density at radius 3 is 2.95 bits per heavy atom. The van der Waals surface area contributed by atoms with Crippen LogP contribution in [0.3, 0.4) is 0 Å². The van der Waals surface area contributed by atoms with Crippen LogP contribution in [0.25, 0.3) is 0 Å². The van der Waals surface area contributed by atoms with Gasteiger partial charge < -0.3 is 15.0 Å². The van der Waals surface area contributed by atoms with E-state index in [0.29, 0.717) is 23.7 Å². The maximum atomic E-state index is 10.3. The van der Waals surface area contributed by atoms with Gasteiger partial charge in [0, 0.05) is 13.1 Å². The molecule has 2 atom stereocenters. The van der Waals surface area contributed by atoms with Crippen molar-refractivity contribution in [2.45, 2.75) is 25.9 Å². The fourth-order valence-electron chi connectivity index (χ4n) is 2.33. The van der Waals surface area contributed by atoms with Gasteiger partial charge in [-0.25, -0.2) is 10.1 Å². The highest BCUT2D eigenvalue weighted by Crippen LogP contribution is 2.19. The number of thioether (sulfide) groups is 1. The minimum Gasteiger partial charge on any atom is -0.378 e. The first kappa shape index (κ1) is 17.2. The monoisotopic (exact) mass is 304 g/mol. The van der Waals surface area contributed by atoms with Crippen molar-refractivity contribution in [1.29, 1.82) is 0 Å². The van der Waals surface area contributed by atoms with E-state index in [0.717, 1.165) is 32.5 Å². The molecule has 2 unspecified atom stereocenters. The quantitative estimate of drug-likeness (QED) is 0.250. The number of nitrogens with one attached hydrogen (secondary N) is 1. The lowest BCUT2D eigenvalue weighted by Gasteiger charge is -2.20. The first-order valence-electron chi connectivity index (χ1n) is 6.82. The van der Waals surface area contributed by atoms with Crippen molar-refractivity contribution < 1.29 is 9.77 Å². The summed E-state index contributed by atoms with van der Waals surface area (Å²) >= 11 is 1.25. The molecule has 1 rings (SSSR count). The molecule has 1 N–H and O–H groups in total. The van der Waals surface area contributed by atoms with Crippen LogP contribution >= 0.6 is 11.8 Å². The highest BCUT2D eigenvalue weighted by molar-refractivity contribution is 8.13. The molecule has 1 heterocycles. The van der Waals surface area contributed by atoms with E-state index in [-0.39, 0.29) is 0 Å². The van der Waals surface area contributed by atoms with Crippen LogP contribution in [0.15, 0.2) is 5.10 Å². The number of hydrazone groups is 1. The van der Waals surface area contributed by atoms with E-state index in [9.17, 15) is 10.1 Å². The molecule has 0 spiro atoms. The second kappa shape index (κ2) is 9.15. The van der Waals surface area contributed by atoms with Gasteiger partial charge in [-0.05, 0) is 45.5 Å². The molecule has 8 heteroatoms. The predicted molar refractivity (Wildman–Crippen MR) is 81.6 cm³/mol. The molecule has 20 heavy (non-hydrogen) atoms. The van der Waals surface area contributed by atoms with Crippen LogP contribution in [0, 0.1) is 16.0 Å². The summed E-state index contributed by atoms with van der Waals surface area (Å²) < 4.78 is 5.55. The highest BCUT2D eigenvalue weighted by atomic mass is 32.2. The maximum absolute atomic E-state index is 10.3. The van der Waals surface area contributed by atoms with E-state index < -0.39 is 5.03 Å². The second-order valence-electron chi connectivity index (χ2n) is 5.14. The van der Waals surface area contributed by atoms with Crippen LogP contribution in [0.1, 0.15) is 19.8 Å². The number of amidine groups is 1. The van der Waals surface area contributed by atoms with Gasteiger partial charge in [-0.3, -0.25) is 0 Å². The summed E-state index contributed by atoms with van der Waals surface area (Å²) in [5.74, 6) is 0.626. The lowest BCUT2D eigenvalue weighted by molar-refractivity contribution is -0.484. The molecule has 1 saturated heterocycles. The molecule has 1 fully saturated rings. The van der Waals surface area contributed by atoms with Crippen molar-refractivity contribution in [3.63, 3.8) is 0 Å². The predicted octanol–water partition coefficient (Wildman–Crippen LogP) is 1.23. The summed E-state index contributed by atoms with van der Waals surface area (Å²) in [5, 5.41) is 16.2. The number of hydrogen-bond acceptors (Lipinski definition) is 5. The maximum Gasteiger partial charge on any atom is 0.234 e. The van der Waals surface area contributed by atoms with Gasteiger partial charge in [-0.15, -0.1) is 0 Å². The minimum absolute atomic E-state index is 0.357. The van der Waals surface area contributed by atoms with Crippen molar-refractivity contribution in [2.24, 2.45) is 11.0 Å². The van der Waals surface area contributed by atoms with Gasteiger partial charge in [0.15, 0.2) is 5.03 Å². The SMILES string of the molecule is CSC(=N[N+](=O)[O-])NCCCN(C)CC1COC(C)C1. The van der Waals surface area contributed by atoms with Gasteiger partial charge in [-0.1, -0.05) is 11.8 Å². The van der Waals surface area contributed by atoms with Crippen molar-refractivity contribution in [2.75, 3.05) is 39.5 Å². The largest absolute Gasteiger partial charge is 0.378 e. The number of hydrogen-bond donors (Lipinski definition) is 1. The Morgan fingerprint density at radius 2 is 2.40 bits per heavy atom. The Labute approximate surface area is 124 Å².